The summed E-state index contributed by atoms with van der Waals surface area (Å²) in [5.74, 6) is 3.01. The van der Waals surface area contributed by atoms with Crippen molar-refractivity contribution in [3.05, 3.63) is 11.6 Å². The van der Waals surface area contributed by atoms with Gasteiger partial charge in [0.15, 0.2) is 0 Å². The summed E-state index contributed by atoms with van der Waals surface area (Å²) in [6.45, 7) is 5.18. The lowest BCUT2D eigenvalue weighted by Gasteiger charge is -2.39. The average Bonchev–Trinajstić information content (AvgIpc) is 3.36. The molecule has 6 nitrogen and oxygen atoms in total. The van der Waals surface area contributed by atoms with Gasteiger partial charge in [0.1, 0.15) is 11.6 Å². The zero-order valence-electron chi connectivity index (χ0n) is 15.2. The van der Waals surface area contributed by atoms with E-state index in [1.165, 1.54) is 57.4 Å². The summed E-state index contributed by atoms with van der Waals surface area (Å²) in [6.07, 6.45) is 7.46. The molecule has 1 saturated carbocycles. The second-order valence-corrected chi connectivity index (χ2v) is 7.97. The van der Waals surface area contributed by atoms with Gasteiger partial charge in [0.05, 0.1) is 6.54 Å². The van der Waals surface area contributed by atoms with E-state index in [2.05, 4.69) is 38.7 Å². The number of aromatic nitrogens is 3. The molecule has 6 heteroatoms. The van der Waals surface area contributed by atoms with Crippen LogP contribution in [0, 0.1) is 0 Å². The molecule has 0 N–H and O–H groups in total. The van der Waals surface area contributed by atoms with E-state index < -0.39 is 0 Å². The van der Waals surface area contributed by atoms with Gasteiger partial charge in [-0.3, -0.25) is 0 Å². The Balaban J connectivity index is 1.42. The Hall–Kier alpha value is -0.980. The van der Waals surface area contributed by atoms with Gasteiger partial charge in [-0.1, -0.05) is 0 Å². The van der Waals surface area contributed by atoms with Crippen LogP contribution < -0.4 is 0 Å². The Bertz CT molecular complexity index is 540. The van der Waals surface area contributed by atoms with Crippen molar-refractivity contribution < 1.29 is 4.74 Å². The Morgan fingerprint density at radius 2 is 1.67 bits per heavy atom. The SMILES string of the molecule is CN(C)Cc1nnc(C2CCN(C3CCOCC3)CC2)n1C1CC1. The Morgan fingerprint density at radius 1 is 0.958 bits per heavy atom. The van der Waals surface area contributed by atoms with Gasteiger partial charge in [0.2, 0.25) is 0 Å². The number of rotatable bonds is 5. The highest BCUT2D eigenvalue weighted by Gasteiger charge is 2.34. The fourth-order valence-corrected chi connectivity index (χ4v) is 4.31. The Kier molecular flexibility index (Phi) is 4.88. The van der Waals surface area contributed by atoms with Crippen LogP contribution >= 0.6 is 0 Å². The maximum Gasteiger partial charge on any atom is 0.147 e. The summed E-state index contributed by atoms with van der Waals surface area (Å²) in [5, 5.41) is 9.18. The van der Waals surface area contributed by atoms with Crippen LogP contribution in [0.1, 0.15) is 62.1 Å². The highest BCUT2D eigenvalue weighted by Crippen LogP contribution is 2.40. The molecule has 2 aliphatic heterocycles. The maximum atomic E-state index is 5.51. The minimum Gasteiger partial charge on any atom is -0.381 e. The molecule has 1 aromatic rings. The van der Waals surface area contributed by atoms with Crippen molar-refractivity contribution in [1.82, 2.24) is 24.6 Å². The number of piperidine rings is 1. The summed E-state index contributed by atoms with van der Waals surface area (Å²) >= 11 is 0. The molecule has 2 saturated heterocycles. The zero-order valence-corrected chi connectivity index (χ0v) is 15.2. The molecule has 0 spiro atoms. The monoisotopic (exact) mass is 333 g/mol. The van der Waals surface area contributed by atoms with Crippen LogP contribution in [0.4, 0.5) is 0 Å². The molecule has 3 aliphatic rings. The van der Waals surface area contributed by atoms with Crippen molar-refractivity contribution in [2.75, 3.05) is 40.4 Å². The lowest BCUT2D eigenvalue weighted by atomic mass is 9.93. The maximum absolute atomic E-state index is 5.51. The van der Waals surface area contributed by atoms with E-state index in [9.17, 15) is 0 Å². The van der Waals surface area contributed by atoms with E-state index in [0.717, 1.165) is 31.6 Å². The van der Waals surface area contributed by atoms with Crippen LogP contribution in [-0.2, 0) is 11.3 Å². The van der Waals surface area contributed by atoms with Crippen molar-refractivity contribution in [2.24, 2.45) is 0 Å². The fourth-order valence-electron chi connectivity index (χ4n) is 4.31. The fraction of sp³-hybridized carbons (Fsp3) is 0.889. The number of hydrogen-bond acceptors (Lipinski definition) is 5. The van der Waals surface area contributed by atoms with Crippen molar-refractivity contribution in [3.63, 3.8) is 0 Å². The van der Waals surface area contributed by atoms with Gasteiger partial charge >= 0.3 is 0 Å². The van der Waals surface area contributed by atoms with E-state index in [0.29, 0.717) is 12.0 Å². The molecular formula is C18H31N5O. The second kappa shape index (κ2) is 7.10. The van der Waals surface area contributed by atoms with Gasteiger partial charge < -0.3 is 19.1 Å². The van der Waals surface area contributed by atoms with Crippen LogP contribution in [0.5, 0.6) is 0 Å². The van der Waals surface area contributed by atoms with Crippen LogP contribution in [0.3, 0.4) is 0 Å². The summed E-state index contributed by atoms with van der Waals surface area (Å²) in [6, 6.07) is 1.41. The smallest absolute Gasteiger partial charge is 0.147 e. The summed E-state index contributed by atoms with van der Waals surface area (Å²) in [7, 11) is 4.22. The van der Waals surface area contributed by atoms with E-state index in [4.69, 9.17) is 4.74 Å². The molecule has 0 bridgehead atoms. The third-order valence-electron chi connectivity index (χ3n) is 5.76. The third kappa shape index (κ3) is 3.51. The van der Waals surface area contributed by atoms with Crippen molar-refractivity contribution in [3.8, 4) is 0 Å². The predicted molar refractivity (Wildman–Crippen MR) is 93.1 cm³/mol. The number of likely N-dealkylation sites (tertiary alicyclic amines) is 1. The molecular weight excluding hydrogens is 302 g/mol. The summed E-state index contributed by atoms with van der Waals surface area (Å²) in [5.41, 5.74) is 0. The van der Waals surface area contributed by atoms with Crippen LogP contribution in [0.15, 0.2) is 0 Å². The molecule has 3 fully saturated rings. The highest BCUT2D eigenvalue weighted by atomic mass is 16.5. The van der Waals surface area contributed by atoms with Gasteiger partial charge in [-0.2, -0.15) is 0 Å². The number of nitrogens with zero attached hydrogens (tertiary/aromatic N) is 5. The Labute approximate surface area is 145 Å². The number of hydrogen-bond donors (Lipinski definition) is 0. The van der Waals surface area contributed by atoms with Gasteiger partial charge in [-0.15, -0.1) is 10.2 Å². The molecule has 3 heterocycles. The lowest BCUT2D eigenvalue weighted by molar-refractivity contribution is 0.0247. The zero-order chi connectivity index (χ0) is 16.5. The molecule has 0 radical (unpaired) electrons. The standard InChI is InChI=1S/C18H31N5O/c1-21(2)13-17-19-20-18(23(17)16-3-4-16)14-5-9-22(10-6-14)15-7-11-24-12-8-15/h14-16H,3-13H2,1-2H3. The van der Waals surface area contributed by atoms with Crippen LogP contribution in [0.2, 0.25) is 0 Å². The normalized spacial score (nSPS) is 24.8. The minimum absolute atomic E-state index is 0.588. The molecule has 4 rings (SSSR count). The van der Waals surface area contributed by atoms with Crippen LogP contribution in [0.25, 0.3) is 0 Å². The molecule has 24 heavy (non-hydrogen) atoms. The molecule has 1 aromatic heterocycles. The van der Waals surface area contributed by atoms with Crippen molar-refractivity contribution in [2.45, 2.75) is 63.1 Å². The van der Waals surface area contributed by atoms with Gasteiger partial charge in [-0.25, -0.2) is 0 Å². The minimum atomic E-state index is 0.588. The lowest BCUT2D eigenvalue weighted by Crippen LogP contribution is -2.44. The first-order chi connectivity index (χ1) is 11.7. The van der Waals surface area contributed by atoms with E-state index in [1.807, 2.05) is 0 Å². The van der Waals surface area contributed by atoms with Crippen molar-refractivity contribution >= 4 is 0 Å². The topological polar surface area (TPSA) is 46.4 Å². The molecule has 1 aliphatic carbocycles. The van der Waals surface area contributed by atoms with Crippen LogP contribution in [-0.4, -0.2) is 71.0 Å². The van der Waals surface area contributed by atoms with Gasteiger partial charge in [-0.05, 0) is 65.7 Å². The predicted octanol–water partition coefficient (Wildman–Crippen LogP) is 2.03. The molecule has 0 unspecified atom stereocenters. The molecule has 0 aromatic carbocycles. The van der Waals surface area contributed by atoms with Gasteiger partial charge in [0.25, 0.3) is 0 Å². The largest absolute Gasteiger partial charge is 0.381 e. The van der Waals surface area contributed by atoms with E-state index in [-0.39, 0.29) is 0 Å². The Morgan fingerprint density at radius 3 is 2.29 bits per heavy atom. The van der Waals surface area contributed by atoms with E-state index >= 15 is 0 Å². The molecule has 134 valence electrons. The highest BCUT2D eigenvalue weighted by molar-refractivity contribution is 5.09. The summed E-state index contributed by atoms with van der Waals surface area (Å²) in [4.78, 5) is 4.89. The number of ether oxygens (including phenoxy) is 1. The third-order valence-corrected chi connectivity index (χ3v) is 5.76. The average molecular weight is 333 g/mol. The first kappa shape index (κ1) is 16.5. The molecule has 0 amide bonds. The first-order valence-electron chi connectivity index (χ1n) is 9.62. The van der Waals surface area contributed by atoms with E-state index in [1.54, 1.807) is 0 Å². The first-order valence-corrected chi connectivity index (χ1v) is 9.62. The van der Waals surface area contributed by atoms with Crippen molar-refractivity contribution in [1.29, 1.82) is 0 Å². The summed E-state index contributed by atoms with van der Waals surface area (Å²) < 4.78 is 7.99. The quantitative estimate of drug-likeness (QED) is 0.825. The second-order valence-electron chi connectivity index (χ2n) is 7.97. The van der Waals surface area contributed by atoms with Gasteiger partial charge in [0, 0.05) is 31.2 Å². The molecule has 0 atom stereocenters.